The van der Waals surface area contributed by atoms with Gasteiger partial charge in [0.1, 0.15) is 12.3 Å². The Morgan fingerprint density at radius 3 is 2.62 bits per heavy atom. The first-order valence-corrected chi connectivity index (χ1v) is 10.2. The van der Waals surface area contributed by atoms with Crippen molar-refractivity contribution >= 4 is 56.9 Å². The van der Waals surface area contributed by atoms with Crippen LogP contribution in [0, 0.1) is 5.92 Å². The lowest BCUT2D eigenvalue weighted by Crippen LogP contribution is -2.34. The normalized spacial score (nSPS) is 15.2. The Morgan fingerprint density at radius 2 is 1.97 bits per heavy atom. The summed E-state index contributed by atoms with van der Waals surface area (Å²) in [6.07, 6.45) is 1.47. The van der Waals surface area contributed by atoms with Crippen LogP contribution < -0.4 is 4.74 Å². The number of imide groups is 1. The molecule has 1 aromatic carbocycles. The highest BCUT2D eigenvalue weighted by Crippen LogP contribution is 2.34. The minimum absolute atomic E-state index is 0.132. The maximum Gasteiger partial charge on any atom is 0.343 e. The van der Waals surface area contributed by atoms with E-state index in [9.17, 15) is 19.2 Å². The van der Waals surface area contributed by atoms with Gasteiger partial charge in [-0.3, -0.25) is 19.3 Å². The molecule has 0 atom stereocenters. The minimum Gasteiger partial charge on any atom is -0.481 e. The lowest BCUT2D eigenvalue weighted by molar-refractivity contribution is -0.147. The summed E-state index contributed by atoms with van der Waals surface area (Å²) in [6, 6.07) is 5.00. The molecule has 0 unspecified atom stereocenters. The van der Waals surface area contributed by atoms with Crippen LogP contribution in [0.4, 0.5) is 4.79 Å². The number of halogens is 1. The molecule has 10 heteroatoms. The third-order valence-electron chi connectivity index (χ3n) is 3.57. The zero-order chi connectivity index (χ0) is 21.6. The molecule has 0 N–H and O–H groups in total. The largest absolute Gasteiger partial charge is 0.481 e. The van der Waals surface area contributed by atoms with E-state index in [0.29, 0.717) is 27.5 Å². The molecule has 0 aliphatic carbocycles. The molecule has 8 nitrogen and oxygen atoms in total. The van der Waals surface area contributed by atoms with Crippen LogP contribution in [0.5, 0.6) is 5.75 Å². The highest BCUT2D eigenvalue weighted by Gasteiger charge is 2.36. The molecule has 1 saturated heterocycles. The fourth-order valence-electron chi connectivity index (χ4n) is 2.17. The summed E-state index contributed by atoms with van der Waals surface area (Å²) in [7, 11) is 1.25. The Bertz CT molecular complexity index is 853. The molecule has 0 spiro atoms. The van der Waals surface area contributed by atoms with Gasteiger partial charge in [-0.15, -0.1) is 0 Å². The highest BCUT2D eigenvalue weighted by atomic mass is 79.9. The Labute approximate surface area is 180 Å². The van der Waals surface area contributed by atoms with E-state index < -0.39 is 29.6 Å². The summed E-state index contributed by atoms with van der Waals surface area (Å²) >= 11 is 4.05. The van der Waals surface area contributed by atoms with Crippen LogP contribution in [0.15, 0.2) is 27.6 Å². The fraction of sp³-hybridized carbons (Fsp3) is 0.368. The summed E-state index contributed by atoms with van der Waals surface area (Å²) in [5.74, 6) is -1.32. The molecule has 1 aliphatic heterocycles. The van der Waals surface area contributed by atoms with Crippen molar-refractivity contribution in [3.8, 4) is 5.75 Å². The van der Waals surface area contributed by atoms with Gasteiger partial charge in [-0.1, -0.05) is 29.8 Å². The van der Waals surface area contributed by atoms with Gasteiger partial charge in [0.2, 0.25) is 0 Å². The molecular weight excluding hydrogens is 466 g/mol. The molecule has 2 rings (SSSR count). The maximum absolute atomic E-state index is 12.6. The van der Waals surface area contributed by atoms with E-state index in [2.05, 4.69) is 20.7 Å². The average molecular weight is 486 g/mol. The molecule has 2 amide bonds. The molecule has 0 saturated carbocycles. The van der Waals surface area contributed by atoms with Gasteiger partial charge in [0, 0.05) is 10.0 Å². The molecule has 1 heterocycles. The van der Waals surface area contributed by atoms with Crippen molar-refractivity contribution < 1.29 is 33.4 Å². The molecule has 1 fully saturated rings. The predicted octanol–water partition coefficient (Wildman–Crippen LogP) is 3.24. The van der Waals surface area contributed by atoms with Crippen LogP contribution in [0.2, 0.25) is 0 Å². The molecule has 1 aromatic rings. The summed E-state index contributed by atoms with van der Waals surface area (Å²) in [6.45, 7) is 3.23. The molecule has 0 aromatic heterocycles. The number of amides is 2. The summed E-state index contributed by atoms with van der Waals surface area (Å²) in [5.41, 5.74) is 0.483. The van der Waals surface area contributed by atoms with Crippen LogP contribution in [0.1, 0.15) is 19.4 Å². The number of nitrogens with zero attached hydrogens (tertiary/aromatic N) is 1. The number of rotatable bonds is 8. The van der Waals surface area contributed by atoms with Crippen molar-refractivity contribution in [2.45, 2.75) is 13.8 Å². The van der Waals surface area contributed by atoms with Gasteiger partial charge in [-0.25, -0.2) is 4.79 Å². The van der Waals surface area contributed by atoms with Crippen molar-refractivity contribution in [1.29, 1.82) is 0 Å². The Balaban J connectivity index is 2.17. The zero-order valence-corrected chi connectivity index (χ0v) is 18.5. The van der Waals surface area contributed by atoms with E-state index in [1.807, 2.05) is 13.8 Å². The fourth-order valence-corrected chi connectivity index (χ4v) is 3.38. The topological polar surface area (TPSA) is 99.2 Å². The SMILES string of the molecule is COC(=O)COc1ccc(Br)cc1/C=C1/SC(=O)N(CC(=O)OCC(C)C)C1=O. The van der Waals surface area contributed by atoms with E-state index in [0.717, 1.165) is 4.90 Å². The van der Waals surface area contributed by atoms with Crippen LogP contribution in [-0.4, -0.2) is 54.9 Å². The standard InChI is InChI=1S/C19H20BrNO7S/c1-11(2)9-28-16(22)8-21-18(24)15(29-19(21)25)7-12-6-13(20)4-5-14(12)27-10-17(23)26-3/h4-7,11H,8-10H2,1-3H3/b15-7+. The third kappa shape index (κ3) is 6.60. The third-order valence-corrected chi connectivity index (χ3v) is 4.97. The van der Waals surface area contributed by atoms with E-state index in [1.54, 1.807) is 18.2 Å². The number of ether oxygens (including phenoxy) is 3. The zero-order valence-electron chi connectivity index (χ0n) is 16.1. The lowest BCUT2D eigenvalue weighted by atomic mass is 10.2. The summed E-state index contributed by atoms with van der Waals surface area (Å²) in [5, 5.41) is -0.560. The van der Waals surface area contributed by atoms with Gasteiger partial charge < -0.3 is 14.2 Å². The summed E-state index contributed by atoms with van der Waals surface area (Å²) in [4.78, 5) is 48.9. The summed E-state index contributed by atoms with van der Waals surface area (Å²) < 4.78 is 15.7. The van der Waals surface area contributed by atoms with E-state index in [-0.39, 0.29) is 24.0 Å². The van der Waals surface area contributed by atoms with Crippen molar-refractivity contribution in [2.75, 3.05) is 26.9 Å². The van der Waals surface area contributed by atoms with E-state index >= 15 is 0 Å². The maximum atomic E-state index is 12.6. The molecule has 0 bridgehead atoms. The molecule has 0 radical (unpaired) electrons. The van der Waals surface area contributed by atoms with Crippen molar-refractivity contribution in [1.82, 2.24) is 4.90 Å². The van der Waals surface area contributed by atoms with E-state index in [1.165, 1.54) is 13.2 Å². The van der Waals surface area contributed by atoms with Crippen molar-refractivity contribution in [2.24, 2.45) is 5.92 Å². The van der Waals surface area contributed by atoms with Gasteiger partial charge in [0.15, 0.2) is 6.61 Å². The number of methoxy groups -OCH3 is 1. The molecule has 1 aliphatic rings. The van der Waals surface area contributed by atoms with Gasteiger partial charge in [-0.2, -0.15) is 0 Å². The van der Waals surface area contributed by atoms with Crippen LogP contribution in [0.25, 0.3) is 6.08 Å². The van der Waals surface area contributed by atoms with Gasteiger partial charge in [0.25, 0.3) is 11.1 Å². The highest BCUT2D eigenvalue weighted by molar-refractivity contribution is 9.10. The van der Waals surface area contributed by atoms with E-state index in [4.69, 9.17) is 9.47 Å². The molecule has 156 valence electrons. The van der Waals surface area contributed by atoms with Crippen molar-refractivity contribution in [3.63, 3.8) is 0 Å². The number of benzene rings is 1. The number of carbonyl (C=O) groups is 4. The lowest BCUT2D eigenvalue weighted by Gasteiger charge is -2.13. The van der Waals surface area contributed by atoms with Crippen LogP contribution >= 0.6 is 27.7 Å². The van der Waals surface area contributed by atoms with Crippen LogP contribution in [-0.2, 0) is 23.9 Å². The second kappa shape index (κ2) is 10.4. The Morgan fingerprint density at radius 1 is 1.24 bits per heavy atom. The number of hydrogen-bond acceptors (Lipinski definition) is 8. The Hall–Kier alpha value is -2.33. The minimum atomic E-state index is -0.646. The van der Waals surface area contributed by atoms with Crippen LogP contribution in [0.3, 0.4) is 0 Å². The smallest absolute Gasteiger partial charge is 0.343 e. The van der Waals surface area contributed by atoms with Gasteiger partial charge in [-0.05, 0) is 42.0 Å². The van der Waals surface area contributed by atoms with Gasteiger partial charge in [0.05, 0.1) is 18.6 Å². The molecule has 29 heavy (non-hydrogen) atoms. The number of carbonyl (C=O) groups excluding carboxylic acids is 4. The first-order valence-electron chi connectivity index (χ1n) is 8.61. The number of hydrogen-bond donors (Lipinski definition) is 0. The average Bonchev–Trinajstić information content (AvgIpc) is 2.92. The monoisotopic (exact) mass is 485 g/mol. The quantitative estimate of drug-likeness (QED) is 0.408. The Kier molecular flexibility index (Phi) is 8.27. The first-order chi connectivity index (χ1) is 13.7. The van der Waals surface area contributed by atoms with Gasteiger partial charge >= 0.3 is 11.9 Å². The first kappa shape index (κ1) is 23.0. The number of esters is 2. The second-order valence-corrected chi connectivity index (χ2v) is 8.30. The number of thioether (sulfide) groups is 1. The second-order valence-electron chi connectivity index (χ2n) is 6.39. The van der Waals surface area contributed by atoms with Crippen molar-refractivity contribution in [3.05, 3.63) is 33.1 Å². The predicted molar refractivity (Wildman–Crippen MR) is 110 cm³/mol. The molecular formula is C19H20BrNO7S.